The van der Waals surface area contributed by atoms with E-state index < -0.39 is 19.7 Å². The van der Waals surface area contributed by atoms with E-state index >= 15 is 0 Å². The Kier molecular flexibility index (Phi) is 5.57. The second-order valence-corrected chi connectivity index (χ2v) is 16.0. The number of rotatable bonds is 6. The molecule has 7 nitrogen and oxygen atoms in total. The lowest BCUT2D eigenvalue weighted by atomic mass is 9.83. The van der Waals surface area contributed by atoms with Crippen molar-refractivity contribution >= 4 is 25.7 Å². The number of nitrogens with one attached hydrogen (secondary N) is 2. The summed E-state index contributed by atoms with van der Waals surface area (Å²) in [5.41, 5.74) is 1.96. The molecule has 1 aliphatic carbocycles. The topological polar surface area (TPSA) is 87.3 Å². The summed E-state index contributed by atoms with van der Waals surface area (Å²) in [6.07, 6.45) is 2.31. The number of hydrogen-bond donors (Lipinski definition) is 2. The summed E-state index contributed by atoms with van der Waals surface area (Å²) in [5.74, 6) is 0.522. The molecule has 32 heavy (non-hydrogen) atoms. The highest BCUT2D eigenvalue weighted by Crippen LogP contribution is 2.56. The predicted molar refractivity (Wildman–Crippen MR) is 127 cm³/mol. The largest absolute Gasteiger partial charge is 0.367 e. The van der Waals surface area contributed by atoms with Crippen molar-refractivity contribution in [2.24, 2.45) is 0 Å². The van der Waals surface area contributed by atoms with E-state index in [0.29, 0.717) is 12.4 Å². The first-order valence-electron chi connectivity index (χ1n) is 11.3. The third-order valence-electron chi connectivity index (χ3n) is 7.61. The third kappa shape index (κ3) is 3.40. The minimum atomic E-state index is -1.69. The Labute approximate surface area is 190 Å². The molecule has 1 atom stereocenters. The average molecular weight is 455 g/mol. The number of nitrogens with zero attached hydrogens (tertiary/aromatic N) is 2. The molecule has 1 unspecified atom stereocenters. The molecule has 2 amide bonds. The van der Waals surface area contributed by atoms with E-state index in [0.717, 1.165) is 36.1 Å². The Hall–Kier alpha value is -2.45. The van der Waals surface area contributed by atoms with E-state index in [1.807, 2.05) is 49.1 Å². The maximum atomic E-state index is 13.5. The number of aromatic amines is 1. The van der Waals surface area contributed by atoms with Crippen molar-refractivity contribution in [3.8, 4) is 0 Å². The number of benzene rings is 1. The van der Waals surface area contributed by atoms with Gasteiger partial charge in [0.15, 0.2) is 11.9 Å². The summed E-state index contributed by atoms with van der Waals surface area (Å²) in [4.78, 5) is 28.7. The smallest absolute Gasteiger partial charge is 0.257 e. The SMILES string of the molecule is COC(C(=O)N1Cc2c(NC(=O)C3([Si](C)(C)C)CCC3)n[nH]c2C1(C)C)c1ccccc1. The molecule has 1 aromatic carbocycles. The molecule has 172 valence electrons. The van der Waals surface area contributed by atoms with E-state index in [1.165, 1.54) is 0 Å². The molecule has 0 spiro atoms. The summed E-state index contributed by atoms with van der Waals surface area (Å²) >= 11 is 0. The molecule has 2 aliphatic rings. The zero-order valence-corrected chi connectivity index (χ0v) is 20.9. The number of H-pyrrole nitrogens is 1. The minimum Gasteiger partial charge on any atom is -0.367 e. The molecular weight excluding hydrogens is 420 g/mol. The third-order valence-corrected chi connectivity index (χ3v) is 11.2. The molecule has 0 saturated heterocycles. The highest BCUT2D eigenvalue weighted by molar-refractivity contribution is 6.83. The number of carbonyl (C=O) groups is 2. The van der Waals surface area contributed by atoms with Crippen LogP contribution >= 0.6 is 0 Å². The van der Waals surface area contributed by atoms with Crippen LogP contribution < -0.4 is 5.32 Å². The zero-order chi connectivity index (χ0) is 23.3. The Morgan fingerprint density at radius 3 is 2.38 bits per heavy atom. The number of aromatic nitrogens is 2. The second kappa shape index (κ2) is 7.85. The monoisotopic (exact) mass is 454 g/mol. The van der Waals surface area contributed by atoms with Crippen LogP contribution in [0.5, 0.6) is 0 Å². The van der Waals surface area contributed by atoms with Gasteiger partial charge >= 0.3 is 0 Å². The van der Waals surface area contributed by atoms with Crippen LogP contribution in [0.1, 0.15) is 56.0 Å². The van der Waals surface area contributed by atoms with E-state index in [-0.39, 0.29) is 16.9 Å². The van der Waals surface area contributed by atoms with E-state index in [1.54, 1.807) is 7.11 Å². The van der Waals surface area contributed by atoms with Gasteiger partial charge in [-0.25, -0.2) is 0 Å². The summed E-state index contributed by atoms with van der Waals surface area (Å²) in [6, 6.07) is 9.52. The van der Waals surface area contributed by atoms with Crippen LogP contribution in [0.4, 0.5) is 5.82 Å². The molecule has 2 heterocycles. The lowest BCUT2D eigenvalue weighted by molar-refractivity contribution is -0.148. The van der Waals surface area contributed by atoms with Gasteiger partial charge in [-0.05, 0) is 32.3 Å². The molecule has 0 radical (unpaired) electrons. The van der Waals surface area contributed by atoms with Crippen molar-refractivity contribution < 1.29 is 14.3 Å². The van der Waals surface area contributed by atoms with Crippen LogP contribution in [0.15, 0.2) is 30.3 Å². The van der Waals surface area contributed by atoms with Gasteiger partial charge in [-0.2, -0.15) is 5.10 Å². The first-order valence-corrected chi connectivity index (χ1v) is 14.8. The molecule has 1 aliphatic heterocycles. The summed E-state index contributed by atoms with van der Waals surface area (Å²) in [6.45, 7) is 11.2. The van der Waals surface area contributed by atoms with Crippen molar-refractivity contribution in [2.45, 2.75) is 76.0 Å². The van der Waals surface area contributed by atoms with Gasteiger partial charge in [0.25, 0.3) is 5.91 Å². The average Bonchev–Trinajstić information content (AvgIpc) is 3.19. The lowest BCUT2D eigenvalue weighted by Crippen LogP contribution is -2.52. The molecule has 0 bridgehead atoms. The summed E-state index contributed by atoms with van der Waals surface area (Å²) in [7, 11) is -0.139. The summed E-state index contributed by atoms with van der Waals surface area (Å²) < 4.78 is 5.60. The highest BCUT2D eigenvalue weighted by atomic mass is 28.3. The molecule has 4 rings (SSSR count). The Morgan fingerprint density at radius 2 is 1.84 bits per heavy atom. The van der Waals surface area contributed by atoms with E-state index in [9.17, 15) is 9.59 Å². The molecule has 1 aromatic heterocycles. The minimum absolute atomic E-state index is 0.0823. The lowest BCUT2D eigenvalue weighted by Gasteiger charge is -2.48. The predicted octanol–water partition coefficient (Wildman–Crippen LogP) is 4.58. The normalized spacial score (nSPS) is 19.8. The number of methoxy groups -OCH3 is 1. The zero-order valence-electron chi connectivity index (χ0n) is 19.9. The fourth-order valence-electron chi connectivity index (χ4n) is 5.20. The Bertz CT molecular complexity index is 1020. The van der Waals surface area contributed by atoms with Gasteiger partial charge < -0.3 is 15.0 Å². The number of carbonyl (C=O) groups excluding carboxylic acids is 2. The van der Waals surface area contributed by atoms with Crippen LogP contribution in [0.2, 0.25) is 24.7 Å². The summed E-state index contributed by atoms with van der Waals surface area (Å²) in [5, 5.41) is 10.4. The molecule has 1 saturated carbocycles. The fraction of sp³-hybridized carbons (Fsp3) is 0.542. The van der Waals surface area contributed by atoms with Gasteiger partial charge in [0, 0.05) is 17.7 Å². The van der Waals surface area contributed by atoms with Crippen LogP contribution in [0, 0.1) is 0 Å². The first kappa shape index (κ1) is 22.7. The highest BCUT2D eigenvalue weighted by Gasteiger charge is 2.54. The maximum absolute atomic E-state index is 13.5. The van der Waals surface area contributed by atoms with Crippen LogP contribution in [0.25, 0.3) is 0 Å². The van der Waals surface area contributed by atoms with Crippen LogP contribution in [-0.4, -0.2) is 42.1 Å². The van der Waals surface area contributed by atoms with Crippen molar-refractivity contribution in [1.82, 2.24) is 15.1 Å². The number of fused-ring (bicyclic) bond motifs is 1. The number of hydrogen-bond acceptors (Lipinski definition) is 4. The van der Waals surface area contributed by atoms with Crippen molar-refractivity contribution in [3.05, 3.63) is 47.2 Å². The van der Waals surface area contributed by atoms with E-state index in [4.69, 9.17) is 4.74 Å². The first-order chi connectivity index (χ1) is 15.0. The van der Waals surface area contributed by atoms with Gasteiger partial charge in [0.1, 0.15) is 0 Å². The molecular formula is C24H34N4O3Si. The standard InChI is InChI=1S/C24H34N4O3Si/c1-23(2)19-17(15-28(23)21(29)18(31-3)16-11-8-7-9-12-16)20(27-26-19)25-22(30)24(13-10-14-24)32(4,5)6/h7-9,11-12,18H,10,13-15H2,1-6H3,(H2,25,26,27,30). The molecule has 1 fully saturated rings. The Balaban J connectivity index is 1.59. The quantitative estimate of drug-likeness (QED) is 0.626. The van der Waals surface area contributed by atoms with Gasteiger partial charge in [-0.1, -0.05) is 56.4 Å². The number of amides is 2. The van der Waals surface area contributed by atoms with Crippen LogP contribution in [0.3, 0.4) is 0 Å². The van der Waals surface area contributed by atoms with Gasteiger partial charge in [0.05, 0.1) is 25.9 Å². The second-order valence-electron chi connectivity index (χ2n) is 10.6. The molecule has 2 N–H and O–H groups in total. The molecule has 8 heteroatoms. The number of ether oxygens (including phenoxy) is 1. The number of anilines is 1. The van der Waals surface area contributed by atoms with E-state index in [2.05, 4.69) is 35.2 Å². The van der Waals surface area contributed by atoms with Crippen molar-refractivity contribution in [2.75, 3.05) is 12.4 Å². The van der Waals surface area contributed by atoms with Gasteiger partial charge in [-0.15, -0.1) is 0 Å². The van der Waals surface area contributed by atoms with Gasteiger partial charge in [0.2, 0.25) is 5.91 Å². The fourth-order valence-corrected chi connectivity index (χ4v) is 7.79. The maximum Gasteiger partial charge on any atom is 0.257 e. The van der Waals surface area contributed by atoms with Gasteiger partial charge in [-0.3, -0.25) is 14.7 Å². The Morgan fingerprint density at radius 1 is 1.19 bits per heavy atom. The van der Waals surface area contributed by atoms with Crippen LogP contribution in [-0.2, 0) is 26.4 Å². The molecule has 2 aromatic rings. The van der Waals surface area contributed by atoms with Crippen molar-refractivity contribution in [3.63, 3.8) is 0 Å². The van der Waals surface area contributed by atoms with Crippen molar-refractivity contribution in [1.29, 1.82) is 0 Å².